The molecule has 1 atom stereocenters. The van der Waals surface area contributed by atoms with E-state index in [0.717, 1.165) is 5.56 Å². The molecule has 0 aliphatic carbocycles. The van der Waals surface area contributed by atoms with Gasteiger partial charge in [-0.15, -0.1) is 11.3 Å². The van der Waals surface area contributed by atoms with E-state index in [-0.39, 0.29) is 11.9 Å². The van der Waals surface area contributed by atoms with E-state index in [1.54, 1.807) is 17.4 Å². The Labute approximate surface area is 106 Å². The first-order valence-electron chi connectivity index (χ1n) is 4.88. The number of thiophene rings is 1. The summed E-state index contributed by atoms with van der Waals surface area (Å²) in [5.74, 6) is -0.227. The summed E-state index contributed by atoms with van der Waals surface area (Å²) in [6.45, 7) is 0. The van der Waals surface area contributed by atoms with E-state index in [1.165, 1.54) is 10.9 Å². The highest BCUT2D eigenvalue weighted by atomic mass is 79.9. The first kappa shape index (κ1) is 11.8. The molecule has 0 saturated carbocycles. The Kier molecular flexibility index (Phi) is 3.74. The van der Waals surface area contributed by atoms with Gasteiger partial charge in [-0.25, -0.2) is 4.39 Å². The molecule has 1 nitrogen and oxygen atoms in total. The fraction of sp³-hybridized carbons (Fsp3) is 0.167. The van der Waals surface area contributed by atoms with Gasteiger partial charge < -0.3 is 5.32 Å². The van der Waals surface area contributed by atoms with Crippen molar-refractivity contribution < 1.29 is 4.39 Å². The third-order valence-electron chi connectivity index (χ3n) is 2.41. The topological polar surface area (TPSA) is 12.0 Å². The third-order valence-corrected chi connectivity index (χ3v) is 4.18. The molecule has 0 bridgehead atoms. The van der Waals surface area contributed by atoms with Crippen LogP contribution in [-0.2, 0) is 0 Å². The van der Waals surface area contributed by atoms with Crippen LogP contribution in [0.25, 0.3) is 0 Å². The molecule has 0 aliphatic rings. The molecule has 0 spiro atoms. The quantitative estimate of drug-likeness (QED) is 0.905. The molecule has 1 N–H and O–H groups in total. The molecule has 1 unspecified atom stereocenters. The first-order valence-corrected chi connectivity index (χ1v) is 6.56. The van der Waals surface area contributed by atoms with Crippen molar-refractivity contribution >= 4 is 27.3 Å². The molecule has 2 aromatic rings. The molecule has 2 rings (SSSR count). The van der Waals surface area contributed by atoms with Crippen molar-refractivity contribution in [1.29, 1.82) is 0 Å². The van der Waals surface area contributed by atoms with Crippen molar-refractivity contribution in [2.24, 2.45) is 0 Å². The van der Waals surface area contributed by atoms with Crippen molar-refractivity contribution in [3.8, 4) is 0 Å². The molecule has 0 aliphatic heterocycles. The standard InChI is InChI=1S/C12H11BrFNS/c1-15-12(10-6-3-7-16-10)8-4-2-5-9(14)11(8)13/h2-7,12,15H,1H3. The first-order chi connectivity index (χ1) is 7.74. The van der Waals surface area contributed by atoms with Gasteiger partial charge in [0.2, 0.25) is 0 Å². The zero-order valence-corrected chi connectivity index (χ0v) is 11.1. The molecule has 16 heavy (non-hydrogen) atoms. The van der Waals surface area contributed by atoms with Crippen molar-refractivity contribution in [1.82, 2.24) is 5.32 Å². The van der Waals surface area contributed by atoms with Crippen LogP contribution in [-0.4, -0.2) is 7.05 Å². The molecular weight excluding hydrogens is 289 g/mol. The zero-order chi connectivity index (χ0) is 11.5. The zero-order valence-electron chi connectivity index (χ0n) is 8.71. The summed E-state index contributed by atoms with van der Waals surface area (Å²) in [5.41, 5.74) is 0.921. The molecule has 0 amide bonds. The minimum absolute atomic E-state index is 0.0325. The third kappa shape index (κ3) is 2.19. The number of rotatable bonds is 3. The van der Waals surface area contributed by atoms with Crippen molar-refractivity contribution in [3.05, 3.63) is 56.4 Å². The van der Waals surface area contributed by atoms with E-state index < -0.39 is 0 Å². The second-order valence-corrected chi connectivity index (χ2v) is 5.15. The Hall–Kier alpha value is -0.710. The highest BCUT2D eigenvalue weighted by Gasteiger charge is 2.17. The van der Waals surface area contributed by atoms with Crippen LogP contribution in [0.15, 0.2) is 40.2 Å². The van der Waals surface area contributed by atoms with E-state index in [0.29, 0.717) is 4.47 Å². The van der Waals surface area contributed by atoms with Gasteiger partial charge in [0.05, 0.1) is 10.5 Å². The van der Waals surface area contributed by atoms with E-state index in [9.17, 15) is 4.39 Å². The summed E-state index contributed by atoms with van der Waals surface area (Å²) in [6.07, 6.45) is 0. The second-order valence-electron chi connectivity index (χ2n) is 3.38. The summed E-state index contributed by atoms with van der Waals surface area (Å²) >= 11 is 4.96. The molecule has 84 valence electrons. The normalized spacial score (nSPS) is 12.7. The van der Waals surface area contributed by atoms with E-state index >= 15 is 0 Å². The van der Waals surface area contributed by atoms with Crippen LogP contribution in [0.2, 0.25) is 0 Å². The Morgan fingerprint density at radius 1 is 1.31 bits per heavy atom. The predicted molar refractivity (Wildman–Crippen MR) is 69.3 cm³/mol. The predicted octanol–water partition coefficient (Wildman–Crippen LogP) is 3.96. The maximum atomic E-state index is 13.4. The Bertz CT molecular complexity index is 470. The Morgan fingerprint density at radius 3 is 2.75 bits per heavy atom. The van der Waals surface area contributed by atoms with Crippen molar-refractivity contribution in [2.75, 3.05) is 7.05 Å². The van der Waals surface area contributed by atoms with Crippen LogP contribution in [0.1, 0.15) is 16.5 Å². The van der Waals surface area contributed by atoms with Gasteiger partial charge in [0.15, 0.2) is 0 Å². The number of hydrogen-bond donors (Lipinski definition) is 1. The molecule has 1 heterocycles. The lowest BCUT2D eigenvalue weighted by Gasteiger charge is -2.16. The highest BCUT2D eigenvalue weighted by Crippen LogP contribution is 2.32. The maximum Gasteiger partial charge on any atom is 0.137 e. The number of nitrogens with one attached hydrogen (secondary N) is 1. The van der Waals surface area contributed by atoms with Gasteiger partial charge in [-0.05, 0) is 46.1 Å². The monoisotopic (exact) mass is 299 g/mol. The molecule has 4 heteroatoms. The average Bonchev–Trinajstić information content (AvgIpc) is 2.79. The summed E-state index contributed by atoms with van der Waals surface area (Å²) in [7, 11) is 1.88. The average molecular weight is 300 g/mol. The number of hydrogen-bond acceptors (Lipinski definition) is 2. The van der Waals surface area contributed by atoms with Crippen LogP contribution in [0, 0.1) is 5.82 Å². The summed E-state index contributed by atoms with van der Waals surface area (Å²) in [5, 5.41) is 5.22. The molecule has 0 radical (unpaired) electrons. The molecular formula is C12H11BrFNS. The lowest BCUT2D eigenvalue weighted by Crippen LogP contribution is -2.17. The van der Waals surface area contributed by atoms with Crippen molar-refractivity contribution in [2.45, 2.75) is 6.04 Å². The largest absolute Gasteiger partial charge is 0.309 e. The van der Waals surface area contributed by atoms with Gasteiger partial charge in [-0.2, -0.15) is 0 Å². The van der Waals surface area contributed by atoms with Gasteiger partial charge in [0.1, 0.15) is 5.82 Å². The van der Waals surface area contributed by atoms with Gasteiger partial charge in [0, 0.05) is 4.88 Å². The van der Waals surface area contributed by atoms with Gasteiger partial charge in [-0.1, -0.05) is 18.2 Å². The van der Waals surface area contributed by atoms with Crippen LogP contribution >= 0.6 is 27.3 Å². The lowest BCUT2D eigenvalue weighted by molar-refractivity contribution is 0.609. The van der Waals surface area contributed by atoms with E-state index in [4.69, 9.17) is 0 Å². The smallest absolute Gasteiger partial charge is 0.137 e. The van der Waals surface area contributed by atoms with Crippen LogP contribution in [0.4, 0.5) is 4.39 Å². The summed E-state index contributed by atoms with van der Waals surface area (Å²) in [4.78, 5) is 1.17. The lowest BCUT2D eigenvalue weighted by atomic mass is 10.1. The maximum absolute atomic E-state index is 13.4. The van der Waals surface area contributed by atoms with Crippen molar-refractivity contribution in [3.63, 3.8) is 0 Å². The van der Waals surface area contributed by atoms with Crippen LogP contribution in [0.3, 0.4) is 0 Å². The molecule has 0 saturated heterocycles. The van der Waals surface area contributed by atoms with Crippen LogP contribution < -0.4 is 5.32 Å². The van der Waals surface area contributed by atoms with E-state index in [1.807, 2.05) is 30.6 Å². The summed E-state index contributed by atoms with van der Waals surface area (Å²) in [6, 6.07) is 9.18. The van der Waals surface area contributed by atoms with Crippen LogP contribution in [0.5, 0.6) is 0 Å². The second kappa shape index (κ2) is 5.08. The summed E-state index contributed by atoms with van der Waals surface area (Å²) < 4.78 is 14.0. The number of halogens is 2. The minimum Gasteiger partial charge on any atom is -0.309 e. The Morgan fingerprint density at radius 2 is 2.12 bits per heavy atom. The van der Waals surface area contributed by atoms with E-state index in [2.05, 4.69) is 21.2 Å². The fourth-order valence-corrected chi connectivity index (χ4v) is 3.00. The number of benzene rings is 1. The molecule has 0 fully saturated rings. The molecule has 1 aromatic heterocycles. The fourth-order valence-electron chi connectivity index (χ4n) is 1.65. The Balaban J connectivity index is 2.45. The van der Waals surface area contributed by atoms with Gasteiger partial charge in [0.25, 0.3) is 0 Å². The van der Waals surface area contributed by atoms with Gasteiger partial charge >= 0.3 is 0 Å². The molecule has 1 aromatic carbocycles. The highest BCUT2D eigenvalue weighted by molar-refractivity contribution is 9.10. The minimum atomic E-state index is -0.227. The SMILES string of the molecule is CNC(c1cccs1)c1cccc(F)c1Br. The van der Waals surface area contributed by atoms with Gasteiger partial charge in [-0.3, -0.25) is 0 Å².